The van der Waals surface area contributed by atoms with Gasteiger partial charge in [-0.15, -0.1) is 0 Å². The van der Waals surface area contributed by atoms with Crippen LogP contribution in [0.1, 0.15) is 32.1 Å². The largest absolute Gasteiger partial charge is 0.491 e. The smallest absolute Gasteiger partial charge is 0.363 e. The topological polar surface area (TPSA) is 99.8 Å². The number of carbonyl (C=O) groups is 2. The van der Waals surface area contributed by atoms with Crippen LogP contribution in [0.2, 0.25) is 0 Å². The molecule has 2 aliphatic rings. The highest BCUT2D eigenvalue weighted by Crippen LogP contribution is 2.22. The maximum atomic E-state index is 12.4. The molecule has 9 heteroatoms. The molecule has 0 bridgehead atoms. The molecule has 5 rings (SSSR count). The SMILES string of the molecule is O=C(Oc1ccc(CCC2CO2)cc1)c1cc(C(=O)Oc2ccc(OCC3CO3)cc2)sn1. The number of ether oxygens (including phenoxy) is 5. The quantitative estimate of drug-likeness (QED) is 0.253. The summed E-state index contributed by atoms with van der Waals surface area (Å²) in [6.45, 7) is 2.07. The number of hydrogen-bond donors (Lipinski definition) is 0. The molecule has 1 aromatic heterocycles. The average molecular weight is 467 g/mol. The highest BCUT2D eigenvalue weighted by molar-refractivity contribution is 7.08. The van der Waals surface area contributed by atoms with Gasteiger partial charge in [0.25, 0.3) is 0 Å². The van der Waals surface area contributed by atoms with E-state index in [1.807, 2.05) is 12.1 Å². The van der Waals surface area contributed by atoms with Gasteiger partial charge in [0.1, 0.15) is 34.8 Å². The molecule has 33 heavy (non-hydrogen) atoms. The Morgan fingerprint density at radius 1 is 0.879 bits per heavy atom. The molecule has 2 aliphatic heterocycles. The van der Waals surface area contributed by atoms with Crippen molar-refractivity contribution >= 4 is 23.5 Å². The molecule has 2 unspecified atom stereocenters. The second kappa shape index (κ2) is 9.70. The van der Waals surface area contributed by atoms with Gasteiger partial charge in [0.05, 0.1) is 19.3 Å². The first-order valence-corrected chi connectivity index (χ1v) is 11.4. The first kappa shape index (κ1) is 21.6. The number of epoxide rings is 2. The zero-order valence-corrected chi connectivity index (χ0v) is 18.4. The monoisotopic (exact) mass is 467 g/mol. The van der Waals surface area contributed by atoms with Crippen LogP contribution >= 0.6 is 11.5 Å². The molecular formula is C24H21NO7S. The van der Waals surface area contributed by atoms with Crippen molar-refractivity contribution in [2.75, 3.05) is 19.8 Å². The Morgan fingerprint density at radius 2 is 1.48 bits per heavy atom. The Hall–Kier alpha value is -3.27. The van der Waals surface area contributed by atoms with Gasteiger partial charge in [0.15, 0.2) is 5.69 Å². The molecule has 0 amide bonds. The van der Waals surface area contributed by atoms with E-state index < -0.39 is 11.9 Å². The zero-order valence-electron chi connectivity index (χ0n) is 17.6. The number of aryl methyl sites for hydroxylation is 1. The molecule has 0 saturated carbocycles. The molecule has 2 fully saturated rings. The fourth-order valence-electron chi connectivity index (χ4n) is 3.03. The van der Waals surface area contributed by atoms with E-state index in [0.29, 0.717) is 30.0 Å². The summed E-state index contributed by atoms with van der Waals surface area (Å²) in [5, 5.41) is 0. The second-order valence-electron chi connectivity index (χ2n) is 7.73. The number of rotatable bonds is 10. The molecule has 0 spiro atoms. The van der Waals surface area contributed by atoms with E-state index in [2.05, 4.69) is 4.37 Å². The summed E-state index contributed by atoms with van der Waals surface area (Å²) in [6, 6.07) is 15.4. The minimum absolute atomic E-state index is 0.0490. The third kappa shape index (κ3) is 6.16. The lowest BCUT2D eigenvalue weighted by atomic mass is 10.1. The van der Waals surface area contributed by atoms with Crippen LogP contribution in [-0.4, -0.2) is 48.3 Å². The van der Waals surface area contributed by atoms with E-state index in [-0.39, 0.29) is 16.7 Å². The number of hydrogen-bond acceptors (Lipinski definition) is 9. The summed E-state index contributed by atoms with van der Waals surface area (Å²) in [4.78, 5) is 25.0. The second-order valence-corrected chi connectivity index (χ2v) is 8.54. The fraction of sp³-hybridized carbons (Fsp3) is 0.292. The predicted octanol–water partition coefficient (Wildman–Crippen LogP) is 3.69. The summed E-state index contributed by atoms with van der Waals surface area (Å²) in [5.41, 5.74) is 1.20. The molecule has 2 aromatic carbocycles. The Bertz CT molecular complexity index is 1030. The van der Waals surface area contributed by atoms with Crippen molar-refractivity contribution < 1.29 is 33.3 Å². The van der Waals surface area contributed by atoms with Crippen molar-refractivity contribution in [1.82, 2.24) is 4.37 Å². The molecule has 170 valence electrons. The third-order valence-corrected chi connectivity index (χ3v) is 5.85. The van der Waals surface area contributed by atoms with Crippen molar-refractivity contribution in [3.05, 3.63) is 70.7 Å². The van der Waals surface area contributed by atoms with E-state index in [0.717, 1.165) is 43.2 Å². The van der Waals surface area contributed by atoms with Crippen molar-refractivity contribution in [3.8, 4) is 17.2 Å². The first-order valence-electron chi connectivity index (χ1n) is 10.6. The number of benzene rings is 2. The lowest BCUT2D eigenvalue weighted by Crippen LogP contribution is -2.09. The molecule has 3 heterocycles. The van der Waals surface area contributed by atoms with Crippen molar-refractivity contribution in [3.63, 3.8) is 0 Å². The molecular weight excluding hydrogens is 446 g/mol. The average Bonchev–Trinajstić information content (AvgIpc) is 3.77. The maximum Gasteiger partial charge on any atom is 0.363 e. The van der Waals surface area contributed by atoms with E-state index in [1.54, 1.807) is 36.4 Å². The normalized spacial score (nSPS) is 18.4. The lowest BCUT2D eigenvalue weighted by Gasteiger charge is -2.06. The van der Waals surface area contributed by atoms with Crippen molar-refractivity contribution in [1.29, 1.82) is 0 Å². The van der Waals surface area contributed by atoms with Gasteiger partial charge in [-0.3, -0.25) is 0 Å². The summed E-state index contributed by atoms with van der Waals surface area (Å²) in [5.74, 6) is 0.208. The van der Waals surface area contributed by atoms with Gasteiger partial charge < -0.3 is 23.7 Å². The Kier molecular flexibility index (Phi) is 6.34. The van der Waals surface area contributed by atoms with Gasteiger partial charge >= 0.3 is 11.9 Å². The van der Waals surface area contributed by atoms with Crippen LogP contribution in [0, 0.1) is 0 Å². The zero-order chi connectivity index (χ0) is 22.6. The van der Waals surface area contributed by atoms with Gasteiger partial charge in [0.2, 0.25) is 0 Å². The van der Waals surface area contributed by atoms with Crippen LogP contribution < -0.4 is 14.2 Å². The maximum absolute atomic E-state index is 12.4. The van der Waals surface area contributed by atoms with Gasteiger partial charge in [-0.25, -0.2) is 9.59 Å². The molecule has 2 saturated heterocycles. The van der Waals surface area contributed by atoms with Crippen molar-refractivity contribution in [2.24, 2.45) is 0 Å². The Morgan fingerprint density at radius 3 is 2.15 bits per heavy atom. The highest BCUT2D eigenvalue weighted by atomic mass is 32.1. The Balaban J connectivity index is 1.12. The summed E-state index contributed by atoms with van der Waals surface area (Å²) in [7, 11) is 0. The van der Waals surface area contributed by atoms with Gasteiger partial charge in [-0.2, -0.15) is 4.37 Å². The van der Waals surface area contributed by atoms with E-state index in [1.165, 1.54) is 6.07 Å². The van der Waals surface area contributed by atoms with Crippen molar-refractivity contribution in [2.45, 2.75) is 25.0 Å². The predicted molar refractivity (Wildman–Crippen MR) is 118 cm³/mol. The molecule has 8 nitrogen and oxygen atoms in total. The molecule has 0 aliphatic carbocycles. The van der Waals surface area contributed by atoms with Crippen LogP contribution in [0.4, 0.5) is 0 Å². The molecule has 2 atom stereocenters. The van der Waals surface area contributed by atoms with Crippen LogP contribution in [0.3, 0.4) is 0 Å². The third-order valence-electron chi connectivity index (χ3n) is 5.08. The van der Waals surface area contributed by atoms with Gasteiger partial charge in [-0.05, 0) is 72.4 Å². The molecule has 0 N–H and O–H groups in total. The van der Waals surface area contributed by atoms with Crippen LogP contribution in [0.5, 0.6) is 17.2 Å². The van der Waals surface area contributed by atoms with Crippen LogP contribution in [0.25, 0.3) is 0 Å². The summed E-state index contributed by atoms with van der Waals surface area (Å²) in [6.07, 6.45) is 2.46. The Labute approximate surface area is 194 Å². The number of aromatic nitrogens is 1. The standard InChI is InChI=1S/C24H21NO7S/c26-23(31-17-4-1-15(2-5-17)3-6-19-12-29-19)21-11-22(33-25-21)24(27)32-18-9-7-16(8-10-18)28-13-20-14-30-20/h1-2,4-5,7-11,19-20H,3,6,12-14H2. The minimum atomic E-state index is -0.634. The van der Waals surface area contributed by atoms with E-state index in [9.17, 15) is 9.59 Å². The number of carbonyl (C=O) groups excluding carboxylic acids is 2. The first-order chi connectivity index (χ1) is 16.1. The van der Waals surface area contributed by atoms with Crippen LogP contribution in [0.15, 0.2) is 54.6 Å². The lowest BCUT2D eigenvalue weighted by molar-refractivity contribution is 0.0729. The van der Waals surface area contributed by atoms with Crippen LogP contribution in [-0.2, 0) is 15.9 Å². The molecule has 3 aromatic rings. The van der Waals surface area contributed by atoms with E-state index in [4.69, 9.17) is 23.7 Å². The van der Waals surface area contributed by atoms with Gasteiger partial charge in [0, 0.05) is 0 Å². The van der Waals surface area contributed by atoms with Gasteiger partial charge in [-0.1, -0.05) is 12.1 Å². The molecule has 0 radical (unpaired) electrons. The number of nitrogens with zero attached hydrogens (tertiary/aromatic N) is 1. The number of esters is 2. The summed E-state index contributed by atoms with van der Waals surface area (Å²) >= 11 is 0.879. The minimum Gasteiger partial charge on any atom is -0.491 e. The fourth-order valence-corrected chi connectivity index (χ4v) is 3.63. The van der Waals surface area contributed by atoms with E-state index >= 15 is 0 Å². The summed E-state index contributed by atoms with van der Waals surface area (Å²) < 4.78 is 30.6. The highest BCUT2D eigenvalue weighted by Gasteiger charge is 2.23.